The smallest absolute Gasteiger partial charge is 0.322 e. The molecule has 0 heterocycles. The summed E-state index contributed by atoms with van der Waals surface area (Å²) in [4.78, 5) is 35.0. The average Bonchev–Trinajstić information content (AvgIpc) is 2.60. The van der Waals surface area contributed by atoms with Crippen LogP contribution in [0.4, 0.5) is 0 Å². The molecule has 0 bridgehead atoms. The van der Waals surface area contributed by atoms with Gasteiger partial charge in [-0.2, -0.15) is 0 Å². The summed E-state index contributed by atoms with van der Waals surface area (Å²) in [5.41, 5.74) is 0.887. The third-order valence-corrected chi connectivity index (χ3v) is 3.98. The molecule has 0 unspecified atom stereocenters. The molecule has 7 heteroatoms. The lowest BCUT2D eigenvalue weighted by molar-refractivity contribution is -0.146. The van der Waals surface area contributed by atoms with Crippen molar-refractivity contribution in [1.82, 2.24) is 5.32 Å². The molecule has 0 saturated heterocycles. The van der Waals surface area contributed by atoms with Gasteiger partial charge in [0.2, 0.25) is 0 Å². The first-order valence-electron chi connectivity index (χ1n) is 7.73. The molecular formula is C17H23NO5S. The van der Waals surface area contributed by atoms with Crippen molar-refractivity contribution < 1.29 is 23.9 Å². The van der Waals surface area contributed by atoms with Gasteiger partial charge in [-0.05, 0) is 17.7 Å². The number of ether oxygens (including phenoxy) is 2. The number of hydrogen-bond donors (Lipinski definition) is 1. The fourth-order valence-electron chi connectivity index (χ4n) is 1.94. The van der Waals surface area contributed by atoms with Crippen molar-refractivity contribution in [3.05, 3.63) is 35.9 Å². The second-order valence-electron chi connectivity index (χ2n) is 4.95. The van der Waals surface area contributed by atoms with E-state index in [1.54, 1.807) is 0 Å². The zero-order valence-corrected chi connectivity index (χ0v) is 14.8. The lowest BCUT2D eigenvalue weighted by Crippen LogP contribution is -2.41. The minimum absolute atomic E-state index is 0.0138. The Labute approximate surface area is 146 Å². The minimum Gasteiger partial charge on any atom is -0.468 e. The summed E-state index contributed by atoms with van der Waals surface area (Å²) in [7, 11) is 1.27. The quantitative estimate of drug-likeness (QED) is 0.644. The minimum atomic E-state index is -0.708. The van der Waals surface area contributed by atoms with E-state index in [1.165, 1.54) is 18.9 Å². The van der Waals surface area contributed by atoms with Gasteiger partial charge in [0.05, 0.1) is 13.7 Å². The van der Waals surface area contributed by atoms with Crippen molar-refractivity contribution in [1.29, 1.82) is 0 Å². The second-order valence-corrected chi connectivity index (χ2v) is 6.27. The van der Waals surface area contributed by atoms with Gasteiger partial charge < -0.3 is 9.47 Å². The molecule has 1 N–H and O–H groups in total. The van der Waals surface area contributed by atoms with E-state index in [4.69, 9.17) is 9.47 Å². The first-order chi connectivity index (χ1) is 11.6. The molecule has 0 aliphatic heterocycles. The van der Waals surface area contributed by atoms with E-state index in [1.807, 2.05) is 37.3 Å². The van der Waals surface area contributed by atoms with Crippen molar-refractivity contribution >= 4 is 28.8 Å². The van der Waals surface area contributed by atoms with Gasteiger partial charge in [0.25, 0.3) is 0 Å². The molecule has 24 heavy (non-hydrogen) atoms. The summed E-state index contributed by atoms with van der Waals surface area (Å²) in [6.45, 7) is 1.94. The number of carbonyl (C=O) groups is 3. The number of hydrogen-bond acceptors (Lipinski definition) is 7. The molecule has 0 spiro atoms. The highest BCUT2D eigenvalue weighted by Gasteiger charge is 2.21. The van der Waals surface area contributed by atoms with Gasteiger partial charge in [-0.3, -0.25) is 19.7 Å². The van der Waals surface area contributed by atoms with Gasteiger partial charge in [0, 0.05) is 6.42 Å². The van der Waals surface area contributed by atoms with E-state index < -0.39 is 18.0 Å². The highest BCUT2D eigenvalue weighted by atomic mass is 32.2. The molecule has 0 fully saturated rings. The van der Waals surface area contributed by atoms with Gasteiger partial charge in [-0.25, -0.2) is 0 Å². The normalized spacial score (nSPS) is 11.6. The van der Waals surface area contributed by atoms with Gasteiger partial charge in [-0.1, -0.05) is 49.0 Å². The van der Waals surface area contributed by atoms with Crippen molar-refractivity contribution in [2.75, 3.05) is 19.4 Å². The van der Waals surface area contributed by atoms with Gasteiger partial charge in [0.15, 0.2) is 5.12 Å². The molecule has 1 rings (SSSR count). The van der Waals surface area contributed by atoms with E-state index in [0.29, 0.717) is 5.75 Å². The molecular weight excluding hydrogens is 330 g/mol. The first kappa shape index (κ1) is 20.2. The number of methoxy groups -OCH3 is 1. The average molecular weight is 353 g/mol. The summed E-state index contributed by atoms with van der Waals surface area (Å²) in [5.74, 6) is -0.275. The standard InChI is InChI=1S/C17H23NO5S/c1-3-24-16(20)10-9-14(17(21)22-2)18-11-15(19)23-12-13-7-5-4-6-8-13/h4-8,14,18H,3,9-12H2,1-2H3/t14-/m0/s1. The molecule has 0 aliphatic carbocycles. The van der Waals surface area contributed by atoms with Crippen LogP contribution in [0, 0.1) is 0 Å². The SMILES string of the molecule is CCSC(=O)CC[C@H](NCC(=O)OCc1ccccc1)C(=O)OC. The highest BCUT2D eigenvalue weighted by molar-refractivity contribution is 8.13. The summed E-state index contributed by atoms with van der Waals surface area (Å²) < 4.78 is 9.83. The Balaban J connectivity index is 2.38. The van der Waals surface area contributed by atoms with Crippen LogP contribution in [0.2, 0.25) is 0 Å². The maximum Gasteiger partial charge on any atom is 0.322 e. The predicted octanol–water partition coefficient (Wildman–Crippen LogP) is 1.92. The van der Waals surface area contributed by atoms with E-state index in [9.17, 15) is 14.4 Å². The first-order valence-corrected chi connectivity index (χ1v) is 8.71. The maximum atomic E-state index is 11.8. The molecule has 1 aromatic carbocycles. The predicted molar refractivity (Wildman–Crippen MR) is 92.4 cm³/mol. The Bertz CT molecular complexity index is 535. The monoisotopic (exact) mass is 353 g/mol. The van der Waals surface area contributed by atoms with E-state index in [-0.39, 0.29) is 31.1 Å². The number of carbonyl (C=O) groups excluding carboxylic acids is 3. The number of benzene rings is 1. The Hall–Kier alpha value is -1.86. The van der Waals surface area contributed by atoms with E-state index >= 15 is 0 Å². The van der Waals surface area contributed by atoms with Crippen LogP contribution in [0.1, 0.15) is 25.3 Å². The molecule has 0 amide bonds. The van der Waals surface area contributed by atoms with Crippen molar-refractivity contribution in [3.63, 3.8) is 0 Å². The molecule has 0 aliphatic rings. The van der Waals surface area contributed by atoms with Crippen LogP contribution in [-0.2, 0) is 30.5 Å². The zero-order valence-electron chi connectivity index (χ0n) is 13.9. The molecule has 6 nitrogen and oxygen atoms in total. The Morgan fingerprint density at radius 1 is 1.21 bits per heavy atom. The Kier molecular flexibility index (Phi) is 9.79. The summed E-state index contributed by atoms with van der Waals surface area (Å²) in [5, 5.41) is 2.81. The fourth-order valence-corrected chi connectivity index (χ4v) is 2.52. The van der Waals surface area contributed by atoms with Crippen LogP contribution in [-0.4, -0.2) is 42.5 Å². The summed E-state index contributed by atoms with van der Waals surface area (Å²) in [6.07, 6.45) is 0.523. The van der Waals surface area contributed by atoms with Crippen LogP contribution >= 0.6 is 11.8 Å². The van der Waals surface area contributed by atoms with Crippen LogP contribution in [0.15, 0.2) is 30.3 Å². The molecule has 0 radical (unpaired) electrons. The topological polar surface area (TPSA) is 81.7 Å². The lowest BCUT2D eigenvalue weighted by Gasteiger charge is -2.15. The molecule has 0 aromatic heterocycles. The van der Waals surface area contributed by atoms with Crippen LogP contribution in [0.25, 0.3) is 0 Å². The third kappa shape index (κ3) is 8.12. The summed E-state index contributed by atoms with van der Waals surface area (Å²) >= 11 is 1.21. The van der Waals surface area contributed by atoms with Gasteiger partial charge >= 0.3 is 11.9 Å². The lowest BCUT2D eigenvalue weighted by atomic mass is 10.1. The van der Waals surface area contributed by atoms with Gasteiger partial charge in [0.1, 0.15) is 12.6 Å². The Morgan fingerprint density at radius 2 is 1.92 bits per heavy atom. The molecule has 1 atom stereocenters. The van der Waals surface area contributed by atoms with Crippen molar-refractivity contribution in [2.24, 2.45) is 0 Å². The number of rotatable bonds is 10. The molecule has 1 aromatic rings. The fraction of sp³-hybridized carbons (Fsp3) is 0.471. The summed E-state index contributed by atoms with van der Waals surface area (Å²) in [6, 6.07) is 8.61. The zero-order chi connectivity index (χ0) is 17.8. The molecule has 0 saturated carbocycles. The number of esters is 2. The largest absolute Gasteiger partial charge is 0.468 e. The number of thioether (sulfide) groups is 1. The highest BCUT2D eigenvalue weighted by Crippen LogP contribution is 2.09. The van der Waals surface area contributed by atoms with E-state index in [0.717, 1.165) is 5.56 Å². The molecule has 132 valence electrons. The van der Waals surface area contributed by atoms with Gasteiger partial charge in [-0.15, -0.1) is 0 Å². The van der Waals surface area contributed by atoms with Crippen molar-refractivity contribution in [3.8, 4) is 0 Å². The second kappa shape index (κ2) is 11.6. The maximum absolute atomic E-state index is 11.8. The van der Waals surface area contributed by atoms with Crippen LogP contribution in [0.3, 0.4) is 0 Å². The number of nitrogens with one attached hydrogen (secondary N) is 1. The Morgan fingerprint density at radius 3 is 2.54 bits per heavy atom. The third-order valence-electron chi connectivity index (χ3n) is 3.16. The van der Waals surface area contributed by atoms with Crippen molar-refractivity contribution in [2.45, 2.75) is 32.4 Å². The van der Waals surface area contributed by atoms with Crippen LogP contribution < -0.4 is 5.32 Å². The van der Waals surface area contributed by atoms with E-state index in [2.05, 4.69) is 5.32 Å². The van der Waals surface area contributed by atoms with Crippen LogP contribution in [0.5, 0.6) is 0 Å².